The van der Waals surface area contributed by atoms with E-state index in [1.54, 1.807) is 0 Å². The summed E-state index contributed by atoms with van der Waals surface area (Å²) in [6, 6.07) is 4.46. The molecular weight excluding hydrogens is 338 g/mol. The minimum absolute atomic E-state index is 0.673. The van der Waals surface area contributed by atoms with Gasteiger partial charge in [-0.15, -0.1) is 0 Å². The molecule has 0 amide bonds. The monoisotopic (exact) mass is 375 g/mol. The normalized spacial score (nSPS) is 15.8. The summed E-state index contributed by atoms with van der Waals surface area (Å²) in [4.78, 5) is 4.77. The summed E-state index contributed by atoms with van der Waals surface area (Å²) in [5.74, 6) is 1.55. The molecule has 1 fully saturated rings. The number of rotatable bonds is 9. The van der Waals surface area contributed by atoms with Crippen LogP contribution < -0.4 is 10.6 Å². The Balaban J connectivity index is 1.72. The predicted molar refractivity (Wildman–Crippen MR) is 112 cm³/mol. The van der Waals surface area contributed by atoms with Crippen LogP contribution in [0.5, 0.6) is 0 Å². The van der Waals surface area contributed by atoms with Crippen molar-refractivity contribution in [3.05, 3.63) is 34.4 Å². The maximum atomic E-state index is 5.83. The standard InChI is InChI=1S/C22H37N3O2/c1-5-23-22(25-15-21-18(3)13-17(2)14-19(21)4)24-9-6-10-27-16-20-7-11-26-12-8-20/h13-14,20H,5-12,15-16H2,1-4H3,(H2,23,24,25). The number of nitrogens with zero attached hydrogens (tertiary/aromatic N) is 1. The fraction of sp³-hybridized carbons (Fsp3) is 0.682. The lowest BCUT2D eigenvalue weighted by atomic mass is 10.00. The Kier molecular flexibility index (Phi) is 9.64. The molecule has 0 aromatic heterocycles. The summed E-state index contributed by atoms with van der Waals surface area (Å²) < 4.78 is 11.2. The molecule has 1 aromatic rings. The fourth-order valence-corrected chi connectivity index (χ4v) is 3.50. The highest BCUT2D eigenvalue weighted by Gasteiger charge is 2.13. The van der Waals surface area contributed by atoms with Gasteiger partial charge >= 0.3 is 0 Å². The van der Waals surface area contributed by atoms with E-state index < -0.39 is 0 Å². The highest BCUT2D eigenvalue weighted by atomic mass is 16.5. The molecule has 5 nitrogen and oxygen atoms in total. The third kappa shape index (κ3) is 7.89. The van der Waals surface area contributed by atoms with Crippen LogP contribution in [0.15, 0.2) is 17.1 Å². The van der Waals surface area contributed by atoms with Crippen LogP contribution >= 0.6 is 0 Å². The smallest absolute Gasteiger partial charge is 0.191 e. The molecule has 1 aliphatic heterocycles. The molecule has 2 N–H and O–H groups in total. The van der Waals surface area contributed by atoms with Crippen molar-refractivity contribution in [3.63, 3.8) is 0 Å². The van der Waals surface area contributed by atoms with Gasteiger partial charge in [-0.2, -0.15) is 0 Å². The zero-order valence-electron chi connectivity index (χ0n) is 17.6. The molecule has 152 valence electrons. The quantitative estimate of drug-likeness (QED) is 0.394. The van der Waals surface area contributed by atoms with Gasteiger partial charge in [0, 0.05) is 39.5 Å². The van der Waals surface area contributed by atoms with Crippen LogP contribution in [0.1, 0.15) is 48.4 Å². The molecule has 5 heteroatoms. The number of hydrogen-bond donors (Lipinski definition) is 2. The Morgan fingerprint density at radius 1 is 1.15 bits per heavy atom. The second-order valence-electron chi connectivity index (χ2n) is 7.48. The van der Waals surface area contributed by atoms with Crippen molar-refractivity contribution in [3.8, 4) is 0 Å². The summed E-state index contributed by atoms with van der Waals surface area (Å²) in [5, 5.41) is 6.75. The molecule has 0 atom stereocenters. The molecule has 1 aromatic carbocycles. The Bertz CT molecular complexity index is 572. The summed E-state index contributed by atoms with van der Waals surface area (Å²) in [7, 11) is 0. The zero-order valence-corrected chi connectivity index (χ0v) is 17.6. The first-order valence-corrected chi connectivity index (χ1v) is 10.3. The lowest BCUT2D eigenvalue weighted by molar-refractivity contribution is 0.0203. The Labute approximate surface area is 164 Å². The number of benzene rings is 1. The minimum Gasteiger partial charge on any atom is -0.381 e. The SMILES string of the molecule is CCNC(=NCc1c(C)cc(C)cc1C)NCCCOCC1CCOCC1. The minimum atomic E-state index is 0.673. The van der Waals surface area contributed by atoms with Gasteiger partial charge in [0.2, 0.25) is 0 Å². The molecule has 1 heterocycles. The number of aryl methyl sites for hydroxylation is 3. The maximum Gasteiger partial charge on any atom is 0.191 e. The Morgan fingerprint density at radius 3 is 2.52 bits per heavy atom. The van der Waals surface area contributed by atoms with E-state index in [0.717, 1.165) is 64.7 Å². The van der Waals surface area contributed by atoms with Crippen molar-refractivity contribution in [2.75, 3.05) is 39.5 Å². The predicted octanol–water partition coefficient (Wildman–Crippen LogP) is 3.50. The van der Waals surface area contributed by atoms with Crippen molar-refractivity contribution in [2.24, 2.45) is 10.9 Å². The van der Waals surface area contributed by atoms with E-state index in [1.165, 1.54) is 22.3 Å². The Morgan fingerprint density at radius 2 is 1.85 bits per heavy atom. The van der Waals surface area contributed by atoms with E-state index in [1.807, 2.05) is 0 Å². The van der Waals surface area contributed by atoms with Gasteiger partial charge in [0.1, 0.15) is 0 Å². The van der Waals surface area contributed by atoms with Crippen LogP contribution in [-0.4, -0.2) is 45.5 Å². The van der Waals surface area contributed by atoms with E-state index in [4.69, 9.17) is 14.5 Å². The molecule has 0 saturated carbocycles. The molecular formula is C22H37N3O2. The summed E-state index contributed by atoms with van der Waals surface area (Å²) in [6.45, 7) is 14.4. The van der Waals surface area contributed by atoms with Crippen molar-refractivity contribution in [1.82, 2.24) is 10.6 Å². The van der Waals surface area contributed by atoms with E-state index in [0.29, 0.717) is 12.5 Å². The number of hydrogen-bond acceptors (Lipinski definition) is 3. The van der Waals surface area contributed by atoms with Gasteiger partial charge in [0.05, 0.1) is 6.54 Å². The average Bonchev–Trinajstić information content (AvgIpc) is 2.64. The van der Waals surface area contributed by atoms with Crippen molar-refractivity contribution >= 4 is 5.96 Å². The lowest BCUT2D eigenvalue weighted by Gasteiger charge is -2.21. The molecule has 0 spiro atoms. The molecule has 0 radical (unpaired) electrons. The number of ether oxygens (including phenoxy) is 2. The largest absolute Gasteiger partial charge is 0.381 e. The number of nitrogens with one attached hydrogen (secondary N) is 2. The number of guanidine groups is 1. The summed E-state index contributed by atoms with van der Waals surface area (Å²) >= 11 is 0. The van der Waals surface area contributed by atoms with Gasteiger partial charge < -0.3 is 20.1 Å². The first kappa shape index (κ1) is 21.7. The van der Waals surface area contributed by atoms with E-state index in [2.05, 4.69) is 50.5 Å². The van der Waals surface area contributed by atoms with Gasteiger partial charge in [-0.1, -0.05) is 17.7 Å². The van der Waals surface area contributed by atoms with Gasteiger partial charge in [0.15, 0.2) is 5.96 Å². The summed E-state index contributed by atoms with van der Waals surface area (Å²) in [5.41, 5.74) is 5.25. The van der Waals surface area contributed by atoms with Gasteiger partial charge in [-0.25, -0.2) is 4.99 Å². The van der Waals surface area contributed by atoms with E-state index >= 15 is 0 Å². The first-order valence-electron chi connectivity index (χ1n) is 10.3. The van der Waals surface area contributed by atoms with Gasteiger partial charge in [-0.05, 0) is 69.6 Å². The molecule has 2 rings (SSSR count). The highest BCUT2D eigenvalue weighted by molar-refractivity contribution is 5.79. The van der Waals surface area contributed by atoms with Crippen molar-refractivity contribution in [1.29, 1.82) is 0 Å². The topological polar surface area (TPSA) is 54.9 Å². The Hall–Kier alpha value is -1.59. The first-order chi connectivity index (χ1) is 13.1. The van der Waals surface area contributed by atoms with Gasteiger partial charge in [-0.3, -0.25) is 0 Å². The lowest BCUT2D eigenvalue weighted by Crippen LogP contribution is -2.38. The fourth-order valence-electron chi connectivity index (χ4n) is 3.50. The van der Waals surface area contributed by atoms with Crippen LogP contribution in [0, 0.1) is 26.7 Å². The maximum absolute atomic E-state index is 5.83. The molecule has 0 bridgehead atoms. The molecule has 27 heavy (non-hydrogen) atoms. The van der Waals surface area contributed by atoms with E-state index in [-0.39, 0.29) is 0 Å². The third-order valence-corrected chi connectivity index (χ3v) is 5.03. The molecule has 0 aliphatic carbocycles. The van der Waals surface area contributed by atoms with Crippen LogP contribution in [0.3, 0.4) is 0 Å². The second kappa shape index (κ2) is 12.0. The van der Waals surface area contributed by atoms with Crippen molar-refractivity contribution in [2.45, 2.75) is 53.5 Å². The number of aliphatic imine (C=N–C) groups is 1. The van der Waals surface area contributed by atoms with Crippen molar-refractivity contribution < 1.29 is 9.47 Å². The van der Waals surface area contributed by atoms with Crippen LogP contribution in [0.25, 0.3) is 0 Å². The van der Waals surface area contributed by atoms with Gasteiger partial charge in [0.25, 0.3) is 0 Å². The molecule has 1 saturated heterocycles. The highest BCUT2D eigenvalue weighted by Crippen LogP contribution is 2.17. The molecule has 0 unspecified atom stereocenters. The summed E-state index contributed by atoms with van der Waals surface area (Å²) in [6.07, 6.45) is 3.25. The van der Waals surface area contributed by atoms with Crippen LogP contribution in [-0.2, 0) is 16.0 Å². The zero-order chi connectivity index (χ0) is 19.5. The molecule has 1 aliphatic rings. The average molecular weight is 376 g/mol. The second-order valence-corrected chi connectivity index (χ2v) is 7.48. The van der Waals surface area contributed by atoms with Crippen LogP contribution in [0.4, 0.5) is 0 Å². The van der Waals surface area contributed by atoms with Crippen LogP contribution in [0.2, 0.25) is 0 Å². The van der Waals surface area contributed by atoms with E-state index in [9.17, 15) is 0 Å². The third-order valence-electron chi connectivity index (χ3n) is 5.03.